The third kappa shape index (κ3) is 4.46. The van der Waals surface area contributed by atoms with Gasteiger partial charge in [0.15, 0.2) is 5.58 Å². The molecule has 1 saturated carbocycles. The first-order valence-electron chi connectivity index (χ1n) is 10.3. The lowest BCUT2D eigenvalue weighted by atomic mass is 9.96. The predicted octanol–water partition coefficient (Wildman–Crippen LogP) is 3.74. The lowest BCUT2D eigenvalue weighted by Crippen LogP contribution is -2.38. The predicted molar refractivity (Wildman–Crippen MR) is 121 cm³/mol. The number of benzene rings is 2. The Morgan fingerprint density at radius 3 is 2.70 bits per heavy atom. The van der Waals surface area contributed by atoms with Crippen LogP contribution >= 0.6 is 11.9 Å². The number of aromatic nitrogens is 1. The number of nitrogens with two attached hydrogens (primary N) is 1. The number of hydrogen-bond acceptors (Lipinski definition) is 6. The molecule has 3 aromatic rings. The molecule has 1 fully saturated rings. The fourth-order valence-electron chi connectivity index (χ4n) is 3.93. The second-order valence-corrected chi connectivity index (χ2v) is 8.99. The lowest BCUT2D eigenvalue weighted by molar-refractivity contribution is 0.452. The van der Waals surface area contributed by atoms with Gasteiger partial charge in [0.2, 0.25) is 0 Å². The number of nitriles is 1. The molecular weight excluding hydrogens is 396 g/mol. The van der Waals surface area contributed by atoms with Crippen molar-refractivity contribution < 1.29 is 4.42 Å². The molecule has 156 valence electrons. The molecule has 6 nitrogen and oxygen atoms in total. The molecule has 30 heavy (non-hydrogen) atoms. The minimum absolute atomic E-state index is 0.210. The van der Waals surface area contributed by atoms with E-state index < -0.39 is 0 Å². The van der Waals surface area contributed by atoms with Gasteiger partial charge >= 0.3 is 5.76 Å². The summed E-state index contributed by atoms with van der Waals surface area (Å²) in [6, 6.07) is 16.2. The Hall–Kier alpha value is -2.53. The molecule has 4 rings (SSSR count). The Morgan fingerprint density at radius 1 is 1.23 bits per heavy atom. The highest BCUT2D eigenvalue weighted by atomic mass is 32.2. The largest absolute Gasteiger partial charge is 0.419 e. The van der Waals surface area contributed by atoms with Crippen LogP contribution in [0.15, 0.2) is 51.7 Å². The van der Waals surface area contributed by atoms with Gasteiger partial charge in [-0.05, 0) is 41.7 Å². The van der Waals surface area contributed by atoms with Crippen LogP contribution in [0.4, 0.5) is 0 Å². The SMILES string of the molecule is Cn1c(=O)oc2ccc(-c3ccc(CC(C#N)NSC4CCCCC4N)cc3)cc21. The Balaban J connectivity index is 1.42. The van der Waals surface area contributed by atoms with E-state index >= 15 is 0 Å². The molecule has 1 heterocycles. The van der Waals surface area contributed by atoms with Gasteiger partial charge < -0.3 is 10.2 Å². The normalized spacial score (nSPS) is 20.2. The Labute approximate surface area is 180 Å². The maximum Gasteiger partial charge on any atom is 0.419 e. The van der Waals surface area contributed by atoms with Crippen molar-refractivity contribution in [1.82, 2.24) is 9.29 Å². The second kappa shape index (κ2) is 9.09. The third-order valence-electron chi connectivity index (χ3n) is 5.79. The van der Waals surface area contributed by atoms with E-state index in [0.29, 0.717) is 17.3 Å². The molecule has 3 N–H and O–H groups in total. The van der Waals surface area contributed by atoms with E-state index in [1.807, 2.05) is 30.3 Å². The molecule has 1 aromatic heterocycles. The molecule has 1 aliphatic carbocycles. The average Bonchev–Trinajstić information content (AvgIpc) is 3.05. The van der Waals surface area contributed by atoms with Crippen molar-refractivity contribution in [2.24, 2.45) is 12.8 Å². The zero-order valence-corrected chi connectivity index (χ0v) is 17.8. The number of aryl methyl sites for hydroxylation is 1. The monoisotopic (exact) mass is 422 g/mol. The maximum absolute atomic E-state index is 11.7. The van der Waals surface area contributed by atoms with E-state index in [2.05, 4.69) is 22.9 Å². The Morgan fingerprint density at radius 2 is 1.97 bits per heavy atom. The number of fused-ring (bicyclic) bond motifs is 1. The topological polar surface area (TPSA) is 97.0 Å². The summed E-state index contributed by atoms with van der Waals surface area (Å²) < 4.78 is 10.0. The van der Waals surface area contributed by atoms with Crippen molar-refractivity contribution in [3.8, 4) is 17.2 Å². The van der Waals surface area contributed by atoms with Crippen LogP contribution in [0.2, 0.25) is 0 Å². The minimum atomic E-state index is -0.361. The number of nitrogens with one attached hydrogen (secondary N) is 1. The molecule has 2 aromatic carbocycles. The number of oxazole rings is 1. The molecule has 0 amide bonds. The van der Waals surface area contributed by atoms with Crippen LogP contribution in [-0.2, 0) is 13.5 Å². The number of nitrogens with zero attached hydrogens (tertiary/aromatic N) is 2. The standard InChI is InChI=1S/C23H26N4O2S/c1-27-20-13-17(10-11-21(20)29-23(27)28)16-8-6-15(7-9-16)12-18(14-24)26-30-22-5-3-2-4-19(22)25/h6-11,13,18-19,22,26H,2-5,12,25H2,1H3. The van der Waals surface area contributed by atoms with E-state index in [4.69, 9.17) is 10.2 Å². The zero-order valence-electron chi connectivity index (χ0n) is 17.0. The van der Waals surface area contributed by atoms with Crippen molar-refractivity contribution in [2.75, 3.05) is 0 Å². The molecule has 0 saturated heterocycles. The van der Waals surface area contributed by atoms with Gasteiger partial charge in [-0.1, -0.05) is 55.1 Å². The lowest BCUT2D eigenvalue weighted by Gasteiger charge is -2.28. The van der Waals surface area contributed by atoms with Gasteiger partial charge in [0, 0.05) is 24.8 Å². The summed E-state index contributed by atoms with van der Waals surface area (Å²) >= 11 is 1.63. The van der Waals surface area contributed by atoms with Crippen molar-refractivity contribution in [2.45, 2.75) is 49.4 Å². The van der Waals surface area contributed by atoms with Crippen LogP contribution in [-0.4, -0.2) is 21.9 Å². The molecule has 0 aliphatic heterocycles. The minimum Gasteiger partial charge on any atom is -0.408 e. The molecular formula is C23H26N4O2S. The van der Waals surface area contributed by atoms with Gasteiger partial charge in [-0.3, -0.25) is 4.57 Å². The maximum atomic E-state index is 11.7. The fourth-order valence-corrected chi connectivity index (χ4v) is 5.00. The van der Waals surface area contributed by atoms with Gasteiger partial charge in [0.05, 0.1) is 11.6 Å². The van der Waals surface area contributed by atoms with Crippen LogP contribution in [0, 0.1) is 11.3 Å². The van der Waals surface area contributed by atoms with E-state index in [-0.39, 0.29) is 17.8 Å². The van der Waals surface area contributed by atoms with Crippen molar-refractivity contribution in [3.63, 3.8) is 0 Å². The summed E-state index contributed by atoms with van der Waals surface area (Å²) in [6.45, 7) is 0. The Bertz CT molecular complexity index is 1110. The zero-order chi connectivity index (χ0) is 21.1. The number of rotatable bonds is 6. The van der Waals surface area contributed by atoms with Crippen molar-refractivity contribution in [1.29, 1.82) is 5.26 Å². The van der Waals surface area contributed by atoms with Crippen LogP contribution in [0.3, 0.4) is 0 Å². The molecule has 3 unspecified atom stereocenters. The van der Waals surface area contributed by atoms with E-state index in [1.54, 1.807) is 19.0 Å². The highest BCUT2D eigenvalue weighted by Crippen LogP contribution is 2.27. The van der Waals surface area contributed by atoms with Crippen LogP contribution in [0.5, 0.6) is 0 Å². The summed E-state index contributed by atoms with van der Waals surface area (Å²) in [5.41, 5.74) is 10.7. The molecule has 0 spiro atoms. The van der Waals surface area contributed by atoms with Gasteiger partial charge in [0.1, 0.15) is 6.04 Å². The van der Waals surface area contributed by atoms with Gasteiger partial charge in [-0.15, -0.1) is 0 Å². The molecule has 1 aliphatic rings. The van der Waals surface area contributed by atoms with Crippen LogP contribution in [0.25, 0.3) is 22.2 Å². The fraction of sp³-hybridized carbons (Fsp3) is 0.391. The van der Waals surface area contributed by atoms with Gasteiger partial charge in [0.25, 0.3) is 0 Å². The number of hydrogen-bond donors (Lipinski definition) is 2. The first-order valence-corrected chi connectivity index (χ1v) is 11.2. The molecule has 3 atom stereocenters. The summed E-state index contributed by atoms with van der Waals surface area (Å²) in [7, 11) is 1.70. The summed E-state index contributed by atoms with van der Waals surface area (Å²) in [4.78, 5) is 11.7. The summed E-state index contributed by atoms with van der Waals surface area (Å²) in [6.07, 6.45) is 5.23. The Kier molecular flexibility index (Phi) is 6.28. The molecule has 7 heteroatoms. The first-order chi connectivity index (χ1) is 14.5. The highest BCUT2D eigenvalue weighted by Gasteiger charge is 2.23. The van der Waals surface area contributed by atoms with Crippen molar-refractivity contribution in [3.05, 3.63) is 58.6 Å². The quantitative estimate of drug-likeness (QED) is 0.588. The molecule has 0 bridgehead atoms. The molecule has 0 radical (unpaired) electrons. The first kappa shape index (κ1) is 20.7. The van der Waals surface area contributed by atoms with Crippen molar-refractivity contribution >= 4 is 23.0 Å². The van der Waals surface area contributed by atoms with E-state index in [9.17, 15) is 10.1 Å². The van der Waals surface area contributed by atoms with Crippen LogP contribution in [0.1, 0.15) is 31.2 Å². The van der Waals surface area contributed by atoms with Crippen LogP contribution < -0.4 is 16.2 Å². The summed E-state index contributed by atoms with van der Waals surface area (Å²) in [5, 5.41) is 9.93. The highest BCUT2D eigenvalue weighted by molar-refractivity contribution is 7.98. The third-order valence-corrected chi connectivity index (χ3v) is 7.10. The average molecular weight is 423 g/mol. The smallest absolute Gasteiger partial charge is 0.408 e. The van der Waals surface area contributed by atoms with Gasteiger partial charge in [-0.2, -0.15) is 5.26 Å². The van der Waals surface area contributed by atoms with E-state index in [0.717, 1.165) is 35.0 Å². The second-order valence-electron chi connectivity index (χ2n) is 7.91. The van der Waals surface area contributed by atoms with E-state index in [1.165, 1.54) is 17.4 Å². The van der Waals surface area contributed by atoms with Gasteiger partial charge in [-0.25, -0.2) is 9.52 Å². The summed E-state index contributed by atoms with van der Waals surface area (Å²) in [5.74, 6) is -0.361.